The van der Waals surface area contributed by atoms with Gasteiger partial charge in [0.2, 0.25) is 11.8 Å². The number of hydrogen-bond donors (Lipinski definition) is 2. The number of amides is 2. The number of nitrogens with one attached hydrogen (secondary N) is 2. The molecule has 0 saturated heterocycles. The number of rotatable bonds is 5. The van der Waals surface area contributed by atoms with Gasteiger partial charge in [0.15, 0.2) is 0 Å². The predicted octanol–water partition coefficient (Wildman–Crippen LogP) is 4.07. The van der Waals surface area contributed by atoms with Gasteiger partial charge in [-0.15, -0.1) is 9.81 Å². The number of nitroso groups, excluding NO2 is 2. The highest BCUT2D eigenvalue weighted by atomic mass is 16.3. The van der Waals surface area contributed by atoms with Crippen molar-refractivity contribution in [1.82, 2.24) is 0 Å². The summed E-state index contributed by atoms with van der Waals surface area (Å²) in [6, 6.07) is 9.40. The molecule has 2 aromatic rings. The van der Waals surface area contributed by atoms with Crippen molar-refractivity contribution in [2.24, 2.45) is 10.4 Å². The maximum Gasteiger partial charge on any atom is 0.221 e. The molecule has 2 N–H and O–H groups in total. The first-order valence-electron chi connectivity index (χ1n) is 6.95. The zero-order valence-electron chi connectivity index (χ0n) is 13.0. The van der Waals surface area contributed by atoms with Gasteiger partial charge in [-0.3, -0.25) is 9.59 Å². The number of carbonyl (C=O) groups excluding carboxylic acids is 2. The van der Waals surface area contributed by atoms with Crippen molar-refractivity contribution < 1.29 is 9.59 Å². The molecule has 2 amide bonds. The zero-order valence-corrected chi connectivity index (χ0v) is 13.0. The molecular weight excluding hydrogens is 312 g/mol. The van der Waals surface area contributed by atoms with Crippen LogP contribution < -0.4 is 10.6 Å². The van der Waals surface area contributed by atoms with Crippen LogP contribution in [0.2, 0.25) is 0 Å². The molecule has 8 nitrogen and oxygen atoms in total. The maximum absolute atomic E-state index is 11.1. The summed E-state index contributed by atoms with van der Waals surface area (Å²) in [5.74, 6) is -0.639. The quantitative estimate of drug-likeness (QED) is 0.805. The molecule has 0 atom stereocenters. The highest BCUT2D eigenvalue weighted by Gasteiger charge is 2.11. The molecular formula is C16H14N4O4. The van der Waals surface area contributed by atoms with E-state index in [0.717, 1.165) is 0 Å². The molecule has 0 aliphatic rings. The van der Waals surface area contributed by atoms with Crippen LogP contribution in [0.1, 0.15) is 13.8 Å². The highest BCUT2D eigenvalue weighted by Crippen LogP contribution is 2.35. The molecule has 0 bridgehead atoms. The molecule has 2 rings (SSSR count). The fourth-order valence-electron chi connectivity index (χ4n) is 2.16. The van der Waals surface area contributed by atoms with Crippen LogP contribution in [-0.4, -0.2) is 11.8 Å². The Balaban J connectivity index is 2.44. The molecule has 0 aromatic heterocycles. The smallest absolute Gasteiger partial charge is 0.221 e. The van der Waals surface area contributed by atoms with Crippen LogP contribution in [0.25, 0.3) is 11.1 Å². The van der Waals surface area contributed by atoms with Crippen molar-refractivity contribution in [2.75, 3.05) is 10.6 Å². The minimum atomic E-state index is -0.320. The summed E-state index contributed by atoms with van der Waals surface area (Å²) in [5, 5.41) is 10.8. The molecule has 2 aromatic carbocycles. The van der Waals surface area contributed by atoms with Crippen LogP contribution in [-0.2, 0) is 9.59 Å². The highest BCUT2D eigenvalue weighted by molar-refractivity contribution is 5.94. The average Bonchev–Trinajstić information content (AvgIpc) is 2.54. The molecule has 8 heteroatoms. The van der Waals surface area contributed by atoms with E-state index in [1.807, 2.05) is 0 Å². The number of nitrogens with zero attached hydrogens (tertiary/aromatic N) is 2. The summed E-state index contributed by atoms with van der Waals surface area (Å²) >= 11 is 0. The average molecular weight is 326 g/mol. The Morgan fingerprint density at radius 3 is 1.42 bits per heavy atom. The number of hydrogen-bond acceptors (Lipinski definition) is 6. The van der Waals surface area contributed by atoms with E-state index in [2.05, 4.69) is 21.0 Å². The normalized spacial score (nSPS) is 9.92. The minimum Gasteiger partial charge on any atom is -0.324 e. The van der Waals surface area contributed by atoms with Gasteiger partial charge in [-0.25, -0.2) is 0 Å². The minimum absolute atomic E-state index is 0.0641. The van der Waals surface area contributed by atoms with Crippen molar-refractivity contribution in [2.45, 2.75) is 13.8 Å². The first-order chi connectivity index (χ1) is 11.4. The molecule has 0 unspecified atom stereocenters. The molecule has 122 valence electrons. The molecule has 0 aliphatic carbocycles. The van der Waals surface area contributed by atoms with E-state index in [9.17, 15) is 19.4 Å². The first-order valence-corrected chi connectivity index (χ1v) is 6.95. The second-order valence-electron chi connectivity index (χ2n) is 5.01. The molecule has 24 heavy (non-hydrogen) atoms. The van der Waals surface area contributed by atoms with Crippen LogP contribution in [0.4, 0.5) is 22.7 Å². The summed E-state index contributed by atoms with van der Waals surface area (Å²) in [4.78, 5) is 44.2. The van der Waals surface area contributed by atoms with Gasteiger partial charge in [0.05, 0.1) is 11.4 Å². The second kappa shape index (κ2) is 7.23. The molecule has 0 spiro atoms. The molecule has 0 fully saturated rings. The van der Waals surface area contributed by atoms with Crippen molar-refractivity contribution in [3.05, 3.63) is 46.2 Å². The van der Waals surface area contributed by atoms with Gasteiger partial charge < -0.3 is 10.6 Å². The number of carbonyl (C=O) groups is 2. The first kappa shape index (κ1) is 16.9. The van der Waals surface area contributed by atoms with E-state index >= 15 is 0 Å². The number of benzene rings is 2. The SMILES string of the molecule is CC(=O)Nc1ccc(-c2ccc(NC(C)=O)c(N=O)c2)cc1N=O. The lowest BCUT2D eigenvalue weighted by atomic mass is 10.0. The summed E-state index contributed by atoms with van der Waals surface area (Å²) in [7, 11) is 0. The molecule has 0 aliphatic heterocycles. The second-order valence-corrected chi connectivity index (χ2v) is 5.01. The van der Waals surface area contributed by atoms with Crippen molar-refractivity contribution in [1.29, 1.82) is 0 Å². The third-order valence-corrected chi connectivity index (χ3v) is 3.15. The van der Waals surface area contributed by atoms with E-state index in [1.165, 1.54) is 26.0 Å². The van der Waals surface area contributed by atoms with Crippen LogP contribution in [0.3, 0.4) is 0 Å². The van der Waals surface area contributed by atoms with Gasteiger partial charge in [-0.1, -0.05) is 12.1 Å². The van der Waals surface area contributed by atoms with E-state index in [1.54, 1.807) is 24.3 Å². The Morgan fingerprint density at radius 1 is 0.750 bits per heavy atom. The Kier molecular flexibility index (Phi) is 5.10. The van der Waals surface area contributed by atoms with E-state index < -0.39 is 0 Å². The van der Waals surface area contributed by atoms with Gasteiger partial charge in [-0.05, 0) is 45.7 Å². The lowest BCUT2D eigenvalue weighted by Gasteiger charge is -2.09. The molecule has 0 heterocycles. The summed E-state index contributed by atoms with van der Waals surface area (Å²) < 4.78 is 0. The van der Waals surface area contributed by atoms with Crippen molar-refractivity contribution in [3.63, 3.8) is 0 Å². The number of anilines is 2. The van der Waals surface area contributed by atoms with E-state index in [4.69, 9.17) is 0 Å². The van der Waals surface area contributed by atoms with Crippen LogP contribution in [0, 0.1) is 9.81 Å². The maximum atomic E-state index is 11.1. The van der Waals surface area contributed by atoms with Gasteiger partial charge in [-0.2, -0.15) is 0 Å². The molecule has 0 radical (unpaired) electrons. The zero-order chi connectivity index (χ0) is 17.7. The monoisotopic (exact) mass is 326 g/mol. The standard InChI is InChI=1S/C16H14N4O4/c1-9(21)17-13-5-3-11(7-15(13)19-23)12-4-6-14(18-10(2)22)16(8-12)20-24/h3-8H,1-2H3,(H,17,21)(H,18,22). The summed E-state index contributed by atoms with van der Waals surface area (Å²) in [6.07, 6.45) is 0. The third-order valence-electron chi connectivity index (χ3n) is 3.15. The largest absolute Gasteiger partial charge is 0.324 e. The fourth-order valence-corrected chi connectivity index (χ4v) is 2.16. The van der Waals surface area contributed by atoms with E-state index in [0.29, 0.717) is 22.5 Å². The Bertz CT molecular complexity index is 763. The van der Waals surface area contributed by atoms with Gasteiger partial charge in [0.25, 0.3) is 0 Å². The van der Waals surface area contributed by atoms with Crippen LogP contribution in [0.5, 0.6) is 0 Å². The third kappa shape index (κ3) is 3.86. The van der Waals surface area contributed by atoms with E-state index in [-0.39, 0.29) is 23.2 Å². The van der Waals surface area contributed by atoms with Gasteiger partial charge >= 0.3 is 0 Å². The van der Waals surface area contributed by atoms with Crippen LogP contribution in [0.15, 0.2) is 46.8 Å². The van der Waals surface area contributed by atoms with Gasteiger partial charge in [0, 0.05) is 13.8 Å². The Morgan fingerprint density at radius 2 is 1.12 bits per heavy atom. The van der Waals surface area contributed by atoms with Crippen LogP contribution >= 0.6 is 0 Å². The Labute approximate surface area is 137 Å². The summed E-state index contributed by atoms with van der Waals surface area (Å²) in [5.41, 5.74) is 1.94. The summed E-state index contributed by atoms with van der Waals surface area (Å²) in [6.45, 7) is 2.65. The lowest BCUT2D eigenvalue weighted by molar-refractivity contribution is -0.115. The molecule has 0 saturated carbocycles. The predicted molar refractivity (Wildman–Crippen MR) is 91.4 cm³/mol. The Hall–Kier alpha value is -3.42. The topological polar surface area (TPSA) is 117 Å². The lowest BCUT2D eigenvalue weighted by Crippen LogP contribution is -2.06. The fraction of sp³-hybridized carbons (Fsp3) is 0.125. The van der Waals surface area contributed by atoms with Crippen molar-refractivity contribution in [3.8, 4) is 11.1 Å². The van der Waals surface area contributed by atoms with Crippen molar-refractivity contribution >= 4 is 34.6 Å². The van der Waals surface area contributed by atoms with Gasteiger partial charge in [0.1, 0.15) is 11.4 Å².